The monoisotopic (exact) mass is 422 g/mol. The molecule has 0 saturated carbocycles. The molecule has 2 aromatic carbocycles. The van der Waals surface area contributed by atoms with Crippen LogP contribution in [0.4, 0.5) is 10.5 Å². The summed E-state index contributed by atoms with van der Waals surface area (Å²) < 4.78 is 16.2. The topological polar surface area (TPSA) is 89.7 Å². The van der Waals surface area contributed by atoms with Crippen LogP contribution in [0.1, 0.15) is 38.1 Å². The summed E-state index contributed by atoms with van der Waals surface area (Å²) >= 11 is 0. The molecule has 0 spiro atoms. The summed E-state index contributed by atoms with van der Waals surface area (Å²) in [5.74, 6) is 2.48. The van der Waals surface area contributed by atoms with Gasteiger partial charge in [-0.15, -0.1) is 0 Å². The fraction of sp³-hybridized carbons (Fsp3) is 0.348. The van der Waals surface area contributed by atoms with E-state index in [-0.39, 0.29) is 12.1 Å². The van der Waals surface area contributed by atoms with E-state index in [2.05, 4.69) is 15.5 Å². The number of rotatable bonds is 6. The Morgan fingerprint density at radius 2 is 1.87 bits per heavy atom. The maximum Gasteiger partial charge on any atom is 0.322 e. The zero-order valence-electron chi connectivity index (χ0n) is 17.7. The van der Waals surface area contributed by atoms with Crippen LogP contribution in [0, 0.1) is 0 Å². The summed E-state index contributed by atoms with van der Waals surface area (Å²) in [6.07, 6.45) is 2.71. The van der Waals surface area contributed by atoms with Crippen LogP contribution in [0.5, 0.6) is 11.5 Å². The minimum atomic E-state index is -0.254. The van der Waals surface area contributed by atoms with Crippen LogP contribution < -0.4 is 14.8 Å². The number of methoxy groups -OCH3 is 1. The van der Waals surface area contributed by atoms with Gasteiger partial charge in [0.25, 0.3) is 0 Å². The van der Waals surface area contributed by atoms with E-state index < -0.39 is 0 Å². The molecule has 0 aliphatic carbocycles. The van der Waals surface area contributed by atoms with Gasteiger partial charge in [-0.3, -0.25) is 0 Å². The van der Waals surface area contributed by atoms with Crippen LogP contribution in [0.25, 0.3) is 11.4 Å². The molecule has 1 fully saturated rings. The lowest BCUT2D eigenvalue weighted by Gasteiger charge is -2.33. The third-order valence-corrected chi connectivity index (χ3v) is 5.26. The van der Waals surface area contributed by atoms with Crippen molar-refractivity contribution >= 4 is 11.7 Å². The van der Waals surface area contributed by atoms with Crippen molar-refractivity contribution < 1.29 is 18.8 Å². The molecular weight excluding hydrogens is 396 g/mol. The van der Waals surface area contributed by atoms with Gasteiger partial charge < -0.3 is 24.2 Å². The van der Waals surface area contributed by atoms with Crippen molar-refractivity contribution in [3.05, 3.63) is 54.4 Å². The molecule has 1 N–H and O–H groups in total. The maximum absolute atomic E-state index is 13.0. The highest BCUT2D eigenvalue weighted by Crippen LogP contribution is 2.32. The number of benzene rings is 2. The Bertz CT molecular complexity index is 1000. The molecule has 1 aromatic heterocycles. The Labute approximate surface area is 181 Å². The molecule has 1 unspecified atom stereocenters. The molecule has 2 amide bonds. The molecule has 1 atom stereocenters. The average molecular weight is 422 g/mol. The highest BCUT2D eigenvalue weighted by Gasteiger charge is 2.32. The average Bonchev–Trinajstić information content (AvgIpc) is 3.31. The Hall–Kier alpha value is -3.55. The first kappa shape index (κ1) is 20.7. The number of piperidine rings is 1. The SMILES string of the molecule is CCOc1ccc(NC(=O)N2CCCCC2c2nc(-c3ccc(OC)cc3)no2)cc1. The minimum Gasteiger partial charge on any atom is -0.497 e. The Morgan fingerprint density at radius 1 is 1.13 bits per heavy atom. The first-order valence-corrected chi connectivity index (χ1v) is 10.5. The van der Waals surface area contributed by atoms with Gasteiger partial charge in [-0.1, -0.05) is 5.16 Å². The van der Waals surface area contributed by atoms with E-state index in [0.717, 1.165) is 36.3 Å². The van der Waals surface area contributed by atoms with Crippen molar-refractivity contribution in [2.45, 2.75) is 32.2 Å². The van der Waals surface area contributed by atoms with Crippen molar-refractivity contribution in [1.82, 2.24) is 15.0 Å². The molecule has 8 heteroatoms. The molecule has 31 heavy (non-hydrogen) atoms. The molecule has 2 heterocycles. The van der Waals surface area contributed by atoms with Gasteiger partial charge in [0.2, 0.25) is 11.7 Å². The van der Waals surface area contributed by atoms with Crippen LogP contribution in [0.2, 0.25) is 0 Å². The van der Waals surface area contributed by atoms with Gasteiger partial charge in [0.15, 0.2) is 0 Å². The van der Waals surface area contributed by atoms with Gasteiger partial charge in [0.1, 0.15) is 17.5 Å². The van der Waals surface area contributed by atoms with Crippen molar-refractivity contribution in [2.75, 3.05) is 25.6 Å². The largest absolute Gasteiger partial charge is 0.497 e. The zero-order chi connectivity index (χ0) is 21.6. The fourth-order valence-electron chi connectivity index (χ4n) is 3.66. The number of amides is 2. The molecule has 3 aromatic rings. The molecule has 0 radical (unpaired) electrons. The predicted molar refractivity (Wildman–Crippen MR) is 116 cm³/mol. The molecule has 4 rings (SSSR count). The quantitative estimate of drug-likeness (QED) is 0.607. The fourth-order valence-corrected chi connectivity index (χ4v) is 3.66. The highest BCUT2D eigenvalue weighted by atomic mass is 16.5. The van der Waals surface area contributed by atoms with Gasteiger partial charge in [-0.05, 0) is 74.7 Å². The molecule has 162 valence electrons. The summed E-state index contributed by atoms with van der Waals surface area (Å²) in [5, 5.41) is 7.08. The second-order valence-corrected chi connectivity index (χ2v) is 7.28. The number of nitrogens with one attached hydrogen (secondary N) is 1. The smallest absolute Gasteiger partial charge is 0.322 e. The van der Waals surface area contributed by atoms with Crippen LogP contribution in [0.3, 0.4) is 0 Å². The second kappa shape index (κ2) is 9.51. The lowest BCUT2D eigenvalue weighted by atomic mass is 10.0. The number of hydrogen-bond acceptors (Lipinski definition) is 6. The first-order chi connectivity index (χ1) is 15.2. The molecule has 0 bridgehead atoms. The number of ether oxygens (including phenoxy) is 2. The van der Waals surface area contributed by atoms with Crippen molar-refractivity contribution in [1.29, 1.82) is 0 Å². The molecular formula is C23H26N4O4. The zero-order valence-corrected chi connectivity index (χ0v) is 17.7. The van der Waals surface area contributed by atoms with E-state index in [9.17, 15) is 4.79 Å². The number of urea groups is 1. The summed E-state index contributed by atoms with van der Waals surface area (Å²) in [6, 6.07) is 14.4. The lowest BCUT2D eigenvalue weighted by Crippen LogP contribution is -2.41. The third kappa shape index (κ3) is 4.79. The van der Waals surface area contributed by atoms with Crippen molar-refractivity contribution in [3.63, 3.8) is 0 Å². The summed E-state index contributed by atoms with van der Waals surface area (Å²) in [4.78, 5) is 19.3. The number of anilines is 1. The van der Waals surface area contributed by atoms with E-state index in [1.807, 2.05) is 55.5 Å². The number of likely N-dealkylation sites (tertiary alicyclic amines) is 1. The Morgan fingerprint density at radius 3 is 2.58 bits per heavy atom. The van der Waals surface area contributed by atoms with Gasteiger partial charge >= 0.3 is 6.03 Å². The Balaban J connectivity index is 1.48. The molecule has 1 aliphatic heterocycles. The number of aromatic nitrogens is 2. The number of hydrogen-bond donors (Lipinski definition) is 1. The Kier molecular flexibility index (Phi) is 6.35. The van der Waals surface area contributed by atoms with Gasteiger partial charge in [0, 0.05) is 17.8 Å². The summed E-state index contributed by atoms with van der Waals surface area (Å²) in [7, 11) is 1.62. The highest BCUT2D eigenvalue weighted by molar-refractivity contribution is 5.89. The van der Waals surface area contributed by atoms with Crippen LogP contribution in [-0.2, 0) is 0 Å². The van der Waals surface area contributed by atoms with Crippen LogP contribution in [-0.4, -0.2) is 41.3 Å². The minimum absolute atomic E-state index is 0.182. The van der Waals surface area contributed by atoms with Crippen molar-refractivity contribution in [2.24, 2.45) is 0 Å². The number of nitrogens with zero attached hydrogens (tertiary/aromatic N) is 3. The first-order valence-electron chi connectivity index (χ1n) is 10.5. The standard InChI is InChI=1S/C23H26N4O4/c1-3-30-19-13-9-17(10-14-19)24-23(28)27-15-5-4-6-20(27)22-25-21(26-31-22)16-7-11-18(29-2)12-8-16/h7-14,20H,3-6,15H2,1-2H3,(H,24,28). The lowest BCUT2D eigenvalue weighted by molar-refractivity contribution is 0.142. The summed E-state index contributed by atoms with van der Waals surface area (Å²) in [5.41, 5.74) is 1.54. The van der Waals surface area contributed by atoms with E-state index >= 15 is 0 Å². The normalized spacial score (nSPS) is 16.1. The predicted octanol–water partition coefficient (Wildman–Crippen LogP) is 4.90. The van der Waals surface area contributed by atoms with E-state index in [1.165, 1.54) is 0 Å². The van der Waals surface area contributed by atoms with E-state index in [4.69, 9.17) is 14.0 Å². The van der Waals surface area contributed by atoms with E-state index in [1.54, 1.807) is 12.0 Å². The molecule has 1 saturated heterocycles. The maximum atomic E-state index is 13.0. The summed E-state index contributed by atoms with van der Waals surface area (Å²) in [6.45, 7) is 3.17. The van der Waals surface area contributed by atoms with Gasteiger partial charge in [-0.25, -0.2) is 4.79 Å². The van der Waals surface area contributed by atoms with Crippen molar-refractivity contribution in [3.8, 4) is 22.9 Å². The molecule has 1 aliphatic rings. The second-order valence-electron chi connectivity index (χ2n) is 7.28. The molecule has 8 nitrogen and oxygen atoms in total. The number of carbonyl (C=O) groups is 1. The third-order valence-electron chi connectivity index (χ3n) is 5.26. The van der Waals surface area contributed by atoms with E-state index in [0.29, 0.717) is 30.6 Å². The van der Waals surface area contributed by atoms with Crippen LogP contribution >= 0.6 is 0 Å². The van der Waals surface area contributed by atoms with Gasteiger partial charge in [0.05, 0.1) is 13.7 Å². The van der Waals surface area contributed by atoms with Crippen LogP contribution in [0.15, 0.2) is 53.1 Å². The van der Waals surface area contributed by atoms with Gasteiger partial charge in [-0.2, -0.15) is 4.98 Å². The number of carbonyl (C=O) groups excluding carboxylic acids is 1.